The maximum Gasteiger partial charge on any atom is 0.265 e. The summed E-state index contributed by atoms with van der Waals surface area (Å²) in [6, 6.07) is 9.90. The number of nitrogens with zero attached hydrogens (tertiary/aromatic N) is 3. The van der Waals surface area contributed by atoms with Gasteiger partial charge in [0, 0.05) is 19.8 Å². The van der Waals surface area contributed by atoms with Gasteiger partial charge in [0.25, 0.3) is 5.95 Å². The zero-order valence-corrected chi connectivity index (χ0v) is 9.34. The van der Waals surface area contributed by atoms with Crippen LogP contribution in [0.5, 0.6) is 0 Å². The molecule has 0 aliphatic carbocycles. The summed E-state index contributed by atoms with van der Waals surface area (Å²) < 4.78 is 5.08. The van der Waals surface area contributed by atoms with Crippen LogP contribution in [-0.4, -0.2) is 24.2 Å². The number of aromatic nitrogens is 2. The van der Waals surface area contributed by atoms with Gasteiger partial charge in [-0.2, -0.15) is 4.98 Å². The van der Waals surface area contributed by atoms with E-state index in [1.54, 1.807) is 4.90 Å². The van der Waals surface area contributed by atoms with Gasteiger partial charge in [0.1, 0.15) is 0 Å². The molecule has 0 fully saturated rings. The average molecular weight is 218 g/mol. The molecule has 0 amide bonds. The van der Waals surface area contributed by atoms with Crippen molar-refractivity contribution in [1.82, 2.24) is 10.1 Å². The molecule has 0 spiro atoms. The zero-order chi connectivity index (χ0) is 11.4. The molecule has 2 aromatic rings. The normalized spacial score (nSPS) is 10.1. The summed E-state index contributed by atoms with van der Waals surface area (Å²) in [6.45, 7) is 0.533. The van der Waals surface area contributed by atoms with Crippen LogP contribution < -0.4 is 10.2 Å². The number of hydrogen-bond donors (Lipinski definition) is 1. The number of nitrogens with one attached hydrogen (secondary N) is 1. The van der Waals surface area contributed by atoms with Crippen molar-refractivity contribution in [3.63, 3.8) is 0 Å². The second-order valence-corrected chi connectivity index (χ2v) is 3.60. The molecule has 0 radical (unpaired) electrons. The van der Waals surface area contributed by atoms with Crippen LogP contribution in [0.15, 0.2) is 34.9 Å². The van der Waals surface area contributed by atoms with Gasteiger partial charge in [0.2, 0.25) is 5.89 Å². The topological polar surface area (TPSA) is 54.2 Å². The Labute approximate surface area is 94.1 Å². The smallest absolute Gasteiger partial charge is 0.265 e. The number of hydrogen-bond acceptors (Lipinski definition) is 5. The first kappa shape index (κ1) is 10.5. The first-order valence-corrected chi connectivity index (χ1v) is 5.04. The molecular formula is C11H14N4O. The van der Waals surface area contributed by atoms with E-state index in [4.69, 9.17) is 4.52 Å². The molecule has 84 valence electrons. The van der Waals surface area contributed by atoms with Crippen LogP contribution in [0, 0.1) is 0 Å². The molecule has 0 aliphatic heterocycles. The Balaban J connectivity index is 1.95. The van der Waals surface area contributed by atoms with Crippen molar-refractivity contribution in [2.45, 2.75) is 6.54 Å². The van der Waals surface area contributed by atoms with Gasteiger partial charge in [-0.15, -0.1) is 0 Å². The lowest BCUT2D eigenvalue weighted by Crippen LogP contribution is -2.10. The predicted octanol–water partition coefficient (Wildman–Crippen LogP) is 1.75. The highest BCUT2D eigenvalue weighted by atomic mass is 16.5. The highest BCUT2D eigenvalue weighted by Crippen LogP contribution is 2.09. The second kappa shape index (κ2) is 4.65. The van der Waals surface area contributed by atoms with E-state index in [0.717, 1.165) is 5.69 Å². The molecule has 1 N–H and O–H groups in total. The highest BCUT2D eigenvalue weighted by Gasteiger charge is 2.06. The molecular weight excluding hydrogens is 204 g/mol. The molecule has 1 aromatic carbocycles. The Kier molecular flexibility index (Phi) is 3.05. The van der Waals surface area contributed by atoms with Crippen molar-refractivity contribution in [2.75, 3.05) is 24.3 Å². The van der Waals surface area contributed by atoms with Gasteiger partial charge in [-0.1, -0.05) is 18.2 Å². The summed E-state index contributed by atoms with van der Waals surface area (Å²) in [6.07, 6.45) is 0. The van der Waals surface area contributed by atoms with Gasteiger partial charge in [0.15, 0.2) is 0 Å². The third-order valence-corrected chi connectivity index (χ3v) is 2.07. The summed E-state index contributed by atoms with van der Waals surface area (Å²) >= 11 is 0. The van der Waals surface area contributed by atoms with Crippen molar-refractivity contribution in [1.29, 1.82) is 0 Å². The fraction of sp³-hybridized carbons (Fsp3) is 0.273. The van der Waals surface area contributed by atoms with Crippen LogP contribution in [0.4, 0.5) is 11.6 Å². The maximum atomic E-state index is 5.08. The monoisotopic (exact) mass is 218 g/mol. The van der Waals surface area contributed by atoms with Gasteiger partial charge in [-0.05, 0) is 17.3 Å². The maximum absolute atomic E-state index is 5.08. The molecule has 0 aliphatic rings. The van der Waals surface area contributed by atoms with Crippen LogP contribution in [0.2, 0.25) is 0 Å². The summed E-state index contributed by atoms with van der Waals surface area (Å²) in [5, 5.41) is 7.03. The van der Waals surface area contributed by atoms with Gasteiger partial charge < -0.3 is 14.7 Å². The van der Waals surface area contributed by atoms with Crippen molar-refractivity contribution in [3.8, 4) is 0 Å². The van der Waals surface area contributed by atoms with E-state index in [2.05, 4.69) is 15.5 Å². The Bertz CT molecular complexity index is 438. The molecule has 16 heavy (non-hydrogen) atoms. The molecule has 2 rings (SSSR count). The first-order valence-electron chi connectivity index (χ1n) is 5.04. The van der Waals surface area contributed by atoms with Crippen LogP contribution in [0.3, 0.4) is 0 Å². The van der Waals surface area contributed by atoms with E-state index in [-0.39, 0.29) is 0 Å². The molecule has 0 atom stereocenters. The fourth-order valence-electron chi connectivity index (χ4n) is 1.23. The fourth-order valence-corrected chi connectivity index (χ4v) is 1.23. The lowest BCUT2D eigenvalue weighted by Gasteiger charge is -2.03. The third kappa shape index (κ3) is 2.50. The van der Waals surface area contributed by atoms with Crippen LogP contribution >= 0.6 is 0 Å². The summed E-state index contributed by atoms with van der Waals surface area (Å²) in [4.78, 5) is 6.01. The minimum atomic E-state index is 0.533. The number of rotatable bonds is 4. The molecule has 0 saturated heterocycles. The molecule has 0 unspecified atom stereocenters. The van der Waals surface area contributed by atoms with E-state index < -0.39 is 0 Å². The average Bonchev–Trinajstić information content (AvgIpc) is 2.76. The minimum absolute atomic E-state index is 0.533. The van der Waals surface area contributed by atoms with Crippen LogP contribution in [0.1, 0.15) is 5.89 Å². The molecule has 5 heteroatoms. The lowest BCUT2D eigenvalue weighted by atomic mass is 10.3. The highest BCUT2D eigenvalue weighted by molar-refractivity contribution is 5.42. The number of anilines is 2. The lowest BCUT2D eigenvalue weighted by molar-refractivity contribution is 0.383. The van der Waals surface area contributed by atoms with Crippen LogP contribution in [-0.2, 0) is 6.54 Å². The Morgan fingerprint density at radius 2 is 2.00 bits per heavy atom. The van der Waals surface area contributed by atoms with E-state index in [0.29, 0.717) is 18.4 Å². The first-order chi connectivity index (χ1) is 7.75. The summed E-state index contributed by atoms with van der Waals surface area (Å²) in [5.74, 6) is 1.16. The Morgan fingerprint density at radius 3 is 2.62 bits per heavy atom. The molecule has 0 bridgehead atoms. The van der Waals surface area contributed by atoms with Crippen LogP contribution in [0.25, 0.3) is 0 Å². The third-order valence-electron chi connectivity index (χ3n) is 2.07. The van der Waals surface area contributed by atoms with Crippen molar-refractivity contribution >= 4 is 11.6 Å². The van der Waals surface area contributed by atoms with E-state index in [9.17, 15) is 0 Å². The summed E-state index contributed by atoms with van der Waals surface area (Å²) in [5.41, 5.74) is 1.03. The molecule has 0 saturated carbocycles. The van der Waals surface area contributed by atoms with Crippen molar-refractivity contribution in [2.24, 2.45) is 0 Å². The molecule has 1 aromatic heterocycles. The van der Waals surface area contributed by atoms with E-state index >= 15 is 0 Å². The van der Waals surface area contributed by atoms with E-state index in [1.807, 2.05) is 44.4 Å². The predicted molar refractivity (Wildman–Crippen MR) is 62.4 cm³/mol. The summed E-state index contributed by atoms with van der Waals surface area (Å²) in [7, 11) is 3.75. The van der Waals surface area contributed by atoms with Gasteiger partial charge in [-0.3, -0.25) is 0 Å². The molecule has 1 heterocycles. The SMILES string of the molecule is CN(C)c1noc(CNc2ccccc2)n1. The quantitative estimate of drug-likeness (QED) is 0.847. The Morgan fingerprint density at radius 1 is 1.25 bits per heavy atom. The van der Waals surface area contributed by atoms with Crippen molar-refractivity contribution < 1.29 is 4.52 Å². The zero-order valence-electron chi connectivity index (χ0n) is 9.34. The minimum Gasteiger partial charge on any atom is -0.376 e. The second-order valence-electron chi connectivity index (χ2n) is 3.60. The van der Waals surface area contributed by atoms with E-state index in [1.165, 1.54) is 0 Å². The van der Waals surface area contributed by atoms with Crippen molar-refractivity contribution in [3.05, 3.63) is 36.2 Å². The molecule has 5 nitrogen and oxygen atoms in total. The largest absolute Gasteiger partial charge is 0.376 e. The number of para-hydroxylation sites is 1. The Hall–Kier alpha value is -2.04. The van der Waals surface area contributed by atoms with Gasteiger partial charge >= 0.3 is 0 Å². The standard InChI is InChI=1S/C11H14N4O/c1-15(2)11-13-10(16-14-11)8-12-9-6-4-3-5-7-9/h3-7,12H,8H2,1-2H3. The van der Waals surface area contributed by atoms with Gasteiger partial charge in [0.05, 0.1) is 6.54 Å². The van der Waals surface area contributed by atoms with Gasteiger partial charge in [-0.25, -0.2) is 0 Å². The number of benzene rings is 1.